The minimum Gasteiger partial charge on any atom is -0.353 e. The minimum atomic E-state index is 0.277. The van der Waals surface area contributed by atoms with E-state index in [4.69, 9.17) is 5.73 Å². The molecule has 0 aliphatic heterocycles. The summed E-state index contributed by atoms with van der Waals surface area (Å²) in [6.07, 6.45) is 5.66. The third kappa shape index (κ3) is 1.34. The molecule has 0 aromatic heterocycles. The van der Waals surface area contributed by atoms with Gasteiger partial charge in [-0.2, -0.15) is 0 Å². The standard InChI is InChI=1S/C11H18N2O/c12-10-5-6-3-7(4-9(6)10)11(14)13-8-1-2-8/h6-10H,1-5,12H2,(H,13,14). The molecule has 0 spiro atoms. The molecule has 0 radical (unpaired) electrons. The number of hydrogen-bond donors (Lipinski definition) is 2. The Kier molecular flexibility index (Phi) is 1.84. The second-order valence-corrected chi connectivity index (χ2v) is 5.27. The molecule has 3 N–H and O–H groups in total. The van der Waals surface area contributed by atoms with Gasteiger partial charge in [0, 0.05) is 18.0 Å². The number of hydrogen-bond acceptors (Lipinski definition) is 2. The van der Waals surface area contributed by atoms with Crippen LogP contribution in [0.3, 0.4) is 0 Å². The molecule has 3 rings (SSSR count). The van der Waals surface area contributed by atoms with Crippen LogP contribution in [0.1, 0.15) is 32.1 Å². The van der Waals surface area contributed by atoms with Crippen molar-refractivity contribution in [2.24, 2.45) is 23.5 Å². The lowest BCUT2D eigenvalue weighted by molar-refractivity contribution is -0.125. The Labute approximate surface area is 84.4 Å². The van der Waals surface area contributed by atoms with Crippen molar-refractivity contribution in [1.29, 1.82) is 0 Å². The van der Waals surface area contributed by atoms with Gasteiger partial charge >= 0.3 is 0 Å². The van der Waals surface area contributed by atoms with Gasteiger partial charge in [-0.1, -0.05) is 0 Å². The molecule has 0 heterocycles. The summed E-state index contributed by atoms with van der Waals surface area (Å²) in [4.78, 5) is 11.8. The van der Waals surface area contributed by atoms with E-state index in [1.54, 1.807) is 0 Å². The lowest BCUT2D eigenvalue weighted by atomic mass is 9.72. The van der Waals surface area contributed by atoms with Gasteiger partial charge in [-0.05, 0) is 43.9 Å². The van der Waals surface area contributed by atoms with Crippen LogP contribution in [0.15, 0.2) is 0 Å². The van der Waals surface area contributed by atoms with Gasteiger partial charge in [0.05, 0.1) is 0 Å². The fraction of sp³-hybridized carbons (Fsp3) is 0.909. The summed E-state index contributed by atoms with van der Waals surface area (Å²) in [5.74, 6) is 2.00. The second-order valence-electron chi connectivity index (χ2n) is 5.27. The average molecular weight is 194 g/mol. The Morgan fingerprint density at radius 2 is 2.00 bits per heavy atom. The maximum Gasteiger partial charge on any atom is 0.223 e. The van der Waals surface area contributed by atoms with E-state index in [0.29, 0.717) is 23.9 Å². The number of nitrogens with one attached hydrogen (secondary N) is 1. The van der Waals surface area contributed by atoms with Crippen LogP contribution in [0.25, 0.3) is 0 Å². The number of fused-ring (bicyclic) bond motifs is 1. The zero-order valence-electron chi connectivity index (χ0n) is 8.41. The van der Waals surface area contributed by atoms with Gasteiger partial charge in [-0.3, -0.25) is 4.79 Å². The number of rotatable bonds is 2. The zero-order valence-corrected chi connectivity index (χ0v) is 8.41. The van der Waals surface area contributed by atoms with Gasteiger partial charge in [0.2, 0.25) is 5.91 Å². The predicted octanol–water partition coefficient (Wildman–Crippen LogP) is 0.638. The fourth-order valence-corrected chi connectivity index (χ4v) is 3.04. The molecular weight excluding hydrogens is 176 g/mol. The highest BCUT2D eigenvalue weighted by molar-refractivity contribution is 5.79. The Hall–Kier alpha value is -0.570. The molecule has 0 aromatic rings. The molecule has 0 bridgehead atoms. The van der Waals surface area contributed by atoms with E-state index in [-0.39, 0.29) is 5.92 Å². The van der Waals surface area contributed by atoms with Crippen LogP contribution in [-0.4, -0.2) is 18.0 Å². The molecule has 3 aliphatic carbocycles. The number of carbonyl (C=O) groups excluding carboxylic acids is 1. The smallest absolute Gasteiger partial charge is 0.223 e. The van der Waals surface area contributed by atoms with Crippen molar-refractivity contribution in [3.63, 3.8) is 0 Å². The van der Waals surface area contributed by atoms with Crippen molar-refractivity contribution in [3.8, 4) is 0 Å². The van der Waals surface area contributed by atoms with E-state index >= 15 is 0 Å². The molecule has 4 unspecified atom stereocenters. The first-order valence-electron chi connectivity index (χ1n) is 5.80. The summed E-state index contributed by atoms with van der Waals surface area (Å²) in [7, 11) is 0. The van der Waals surface area contributed by atoms with Gasteiger partial charge < -0.3 is 11.1 Å². The lowest BCUT2D eigenvalue weighted by Crippen LogP contribution is -2.44. The van der Waals surface area contributed by atoms with Gasteiger partial charge in [0.15, 0.2) is 0 Å². The number of nitrogens with two attached hydrogens (primary N) is 1. The molecule has 3 aliphatic rings. The fourth-order valence-electron chi connectivity index (χ4n) is 3.04. The molecule has 1 amide bonds. The summed E-state index contributed by atoms with van der Waals surface area (Å²) in [6.45, 7) is 0. The van der Waals surface area contributed by atoms with Crippen molar-refractivity contribution in [3.05, 3.63) is 0 Å². The summed E-state index contributed by atoms with van der Waals surface area (Å²) >= 11 is 0. The van der Waals surface area contributed by atoms with Crippen LogP contribution in [0.4, 0.5) is 0 Å². The maximum atomic E-state index is 11.8. The maximum absolute atomic E-state index is 11.8. The van der Waals surface area contributed by atoms with Crippen LogP contribution in [0, 0.1) is 17.8 Å². The summed E-state index contributed by atoms with van der Waals surface area (Å²) in [6, 6.07) is 0.896. The summed E-state index contributed by atoms with van der Waals surface area (Å²) in [5, 5.41) is 3.10. The highest BCUT2D eigenvalue weighted by Crippen LogP contribution is 2.48. The molecule has 3 saturated carbocycles. The third-order valence-electron chi connectivity index (χ3n) is 4.17. The zero-order chi connectivity index (χ0) is 9.71. The molecule has 3 fully saturated rings. The Bertz CT molecular complexity index is 262. The van der Waals surface area contributed by atoms with Crippen LogP contribution in [-0.2, 0) is 4.79 Å². The Morgan fingerprint density at radius 1 is 1.21 bits per heavy atom. The first kappa shape index (κ1) is 8.72. The van der Waals surface area contributed by atoms with Crippen LogP contribution in [0.2, 0.25) is 0 Å². The summed E-state index contributed by atoms with van der Waals surface area (Å²) in [5.41, 5.74) is 5.91. The SMILES string of the molecule is NC1CC2CC(C(=O)NC3CC3)CC12. The summed E-state index contributed by atoms with van der Waals surface area (Å²) < 4.78 is 0. The molecule has 3 heteroatoms. The lowest BCUT2D eigenvalue weighted by Gasteiger charge is -2.37. The normalized spacial score (nSPS) is 45.5. The molecule has 3 nitrogen and oxygen atoms in total. The topological polar surface area (TPSA) is 55.1 Å². The second kappa shape index (κ2) is 2.96. The van der Waals surface area contributed by atoms with E-state index in [1.807, 2.05) is 0 Å². The molecular formula is C11H18N2O. The van der Waals surface area contributed by atoms with Crippen molar-refractivity contribution in [1.82, 2.24) is 5.32 Å². The molecule has 14 heavy (non-hydrogen) atoms. The van der Waals surface area contributed by atoms with Gasteiger partial charge in [0.25, 0.3) is 0 Å². The highest BCUT2D eigenvalue weighted by atomic mass is 16.2. The van der Waals surface area contributed by atoms with Crippen molar-refractivity contribution in [2.45, 2.75) is 44.2 Å². The largest absolute Gasteiger partial charge is 0.353 e. The van der Waals surface area contributed by atoms with Gasteiger partial charge in [0.1, 0.15) is 0 Å². The van der Waals surface area contributed by atoms with Crippen molar-refractivity contribution >= 4 is 5.91 Å². The van der Waals surface area contributed by atoms with Crippen molar-refractivity contribution in [2.75, 3.05) is 0 Å². The van der Waals surface area contributed by atoms with Gasteiger partial charge in [-0.15, -0.1) is 0 Å². The minimum absolute atomic E-state index is 0.277. The van der Waals surface area contributed by atoms with Crippen LogP contribution >= 0.6 is 0 Å². The van der Waals surface area contributed by atoms with Crippen LogP contribution < -0.4 is 11.1 Å². The van der Waals surface area contributed by atoms with E-state index in [2.05, 4.69) is 5.32 Å². The average Bonchev–Trinajstić information content (AvgIpc) is 2.87. The van der Waals surface area contributed by atoms with Crippen LogP contribution in [0.5, 0.6) is 0 Å². The number of amides is 1. The predicted molar refractivity (Wildman–Crippen MR) is 53.5 cm³/mol. The molecule has 4 atom stereocenters. The first-order chi connectivity index (χ1) is 6.74. The first-order valence-corrected chi connectivity index (χ1v) is 5.80. The molecule has 78 valence electrons. The Morgan fingerprint density at radius 3 is 2.57 bits per heavy atom. The quantitative estimate of drug-likeness (QED) is 0.677. The highest BCUT2D eigenvalue weighted by Gasteiger charge is 2.48. The van der Waals surface area contributed by atoms with Crippen molar-refractivity contribution < 1.29 is 4.79 Å². The van der Waals surface area contributed by atoms with E-state index in [9.17, 15) is 4.79 Å². The molecule has 0 aromatic carbocycles. The third-order valence-corrected chi connectivity index (χ3v) is 4.17. The monoisotopic (exact) mass is 194 g/mol. The van der Waals surface area contributed by atoms with E-state index in [0.717, 1.165) is 25.2 Å². The van der Waals surface area contributed by atoms with Gasteiger partial charge in [-0.25, -0.2) is 0 Å². The molecule has 0 saturated heterocycles. The van der Waals surface area contributed by atoms with E-state index in [1.165, 1.54) is 12.8 Å². The van der Waals surface area contributed by atoms with E-state index < -0.39 is 0 Å². The number of carbonyl (C=O) groups is 1. The Balaban J connectivity index is 1.56.